The predicted octanol–water partition coefficient (Wildman–Crippen LogP) is 9.16. The molecule has 4 aliphatic carbocycles. The molecule has 0 saturated heterocycles. The van der Waals surface area contributed by atoms with E-state index in [0.29, 0.717) is 17.4 Å². The van der Waals surface area contributed by atoms with Crippen LogP contribution in [0.4, 0.5) is 4.79 Å². The number of fused-ring (bicyclic) bond motifs is 5. The van der Waals surface area contributed by atoms with Gasteiger partial charge in [0, 0.05) is 17.9 Å². The Morgan fingerprint density at radius 1 is 1.09 bits per heavy atom. The second kappa shape index (κ2) is 11.1. The fourth-order valence-electron chi connectivity index (χ4n) is 9.60. The standard InChI is InChI=1S/C31H52BrNO2/c1-21(2)8-6-9-22(3)26-12-13-27-25-11-10-23-20-24(33(29(34)35)19-7-18-32)14-16-30(23,4)28(25)15-17-31(26,27)5/h10,21-22,24-28H,6-9,11-20H2,1-5H3,(H,34,35)/t22-,24?,25?,26-,27?,28?,30+,31-/m1/s1. The Morgan fingerprint density at radius 2 is 1.86 bits per heavy atom. The maximum atomic E-state index is 12.0. The quantitative estimate of drug-likeness (QED) is 0.230. The van der Waals surface area contributed by atoms with Crippen LogP contribution in [-0.4, -0.2) is 34.0 Å². The summed E-state index contributed by atoms with van der Waals surface area (Å²) in [5, 5.41) is 10.7. The van der Waals surface area contributed by atoms with Gasteiger partial charge in [0.2, 0.25) is 0 Å². The lowest BCUT2D eigenvalue weighted by atomic mass is 9.46. The molecule has 1 amide bonds. The summed E-state index contributed by atoms with van der Waals surface area (Å²) < 4.78 is 0. The zero-order chi connectivity index (χ0) is 25.4. The summed E-state index contributed by atoms with van der Waals surface area (Å²) in [5.41, 5.74) is 2.43. The van der Waals surface area contributed by atoms with Crippen molar-refractivity contribution in [3.63, 3.8) is 0 Å². The number of carboxylic acid groups (broad SMARTS) is 1. The summed E-state index contributed by atoms with van der Waals surface area (Å²) in [6, 6.07) is 0.166. The van der Waals surface area contributed by atoms with E-state index >= 15 is 0 Å². The molecule has 0 radical (unpaired) electrons. The first-order valence-electron chi connectivity index (χ1n) is 14.9. The molecule has 0 spiro atoms. The summed E-state index contributed by atoms with van der Waals surface area (Å²) in [6.07, 6.45) is 17.0. The molecule has 0 aromatic rings. The highest BCUT2D eigenvalue weighted by atomic mass is 79.9. The van der Waals surface area contributed by atoms with Crippen LogP contribution in [0.15, 0.2) is 11.6 Å². The highest BCUT2D eigenvalue weighted by Crippen LogP contribution is 2.67. The van der Waals surface area contributed by atoms with Gasteiger partial charge >= 0.3 is 6.09 Å². The topological polar surface area (TPSA) is 40.5 Å². The van der Waals surface area contributed by atoms with Crippen molar-refractivity contribution in [2.45, 2.75) is 118 Å². The molecule has 200 valence electrons. The molecule has 4 unspecified atom stereocenters. The molecule has 0 aromatic heterocycles. The number of amides is 1. The minimum atomic E-state index is -0.734. The van der Waals surface area contributed by atoms with Gasteiger partial charge in [-0.1, -0.05) is 81.5 Å². The first kappa shape index (κ1) is 27.5. The molecule has 0 aliphatic heterocycles. The van der Waals surface area contributed by atoms with E-state index in [0.717, 1.165) is 60.1 Å². The molecule has 3 fully saturated rings. The van der Waals surface area contributed by atoms with Crippen LogP contribution < -0.4 is 0 Å². The van der Waals surface area contributed by atoms with Crippen molar-refractivity contribution in [3.05, 3.63) is 11.6 Å². The molecule has 35 heavy (non-hydrogen) atoms. The number of rotatable bonds is 9. The molecule has 4 aliphatic rings. The van der Waals surface area contributed by atoms with Gasteiger partial charge in [-0.15, -0.1) is 0 Å². The van der Waals surface area contributed by atoms with Gasteiger partial charge < -0.3 is 10.0 Å². The van der Waals surface area contributed by atoms with E-state index in [-0.39, 0.29) is 6.04 Å². The van der Waals surface area contributed by atoms with Crippen LogP contribution in [0.3, 0.4) is 0 Å². The summed E-state index contributed by atoms with van der Waals surface area (Å²) in [5.74, 6) is 5.14. The first-order chi connectivity index (χ1) is 16.6. The smallest absolute Gasteiger partial charge is 0.407 e. The van der Waals surface area contributed by atoms with Gasteiger partial charge in [0.1, 0.15) is 0 Å². The van der Waals surface area contributed by atoms with Crippen molar-refractivity contribution in [1.82, 2.24) is 4.90 Å². The molecular weight excluding hydrogens is 498 g/mol. The van der Waals surface area contributed by atoms with Crippen LogP contribution in [0, 0.1) is 46.3 Å². The lowest BCUT2D eigenvalue weighted by Crippen LogP contribution is -2.52. The van der Waals surface area contributed by atoms with Gasteiger partial charge in [-0.3, -0.25) is 0 Å². The van der Waals surface area contributed by atoms with Crippen LogP contribution >= 0.6 is 15.9 Å². The largest absolute Gasteiger partial charge is 0.465 e. The average molecular weight is 551 g/mol. The fraction of sp³-hybridized carbons (Fsp3) is 0.903. The first-order valence-corrected chi connectivity index (χ1v) is 16.0. The molecule has 1 N–H and O–H groups in total. The number of hydrogen-bond acceptors (Lipinski definition) is 1. The Bertz CT molecular complexity index is 780. The van der Waals surface area contributed by atoms with Crippen LogP contribution in [-0.2, 0) is 0 Å². The Balaban J connectivity index is 1.46. The van der Waals surface area contributed by atoms with Gasteiger partial charge in [0.15, 0.2) is 0 Å². The summed E-state index contributed by atoms with van der Waals surface area (Å²) in [6.45, 7) is 13.2. The minimum absolute atomic E-state index is 0.166. The lowest BCUT2D eigenvalue weighted by molar-refractivity contribution is -0.0540. The Hall–Kier alpha value is -0.510. The maximum absolute atomic E-state index is 12.0. The average Bonchev–Trinajstić information content (AvgIpc) is 3.16. The number of alkyl halides is 1. The molecule has 4 heteroatoms. The van der Waals surface area contributed by atoms with Gasteiger partial charge in [0.25, 0.3) is 0 Å². The Kier molecular flexibility index (Phi) is 8.71. The van der Waals surface area contributed by atoms with Crippen LogP contribution in [0.2, 0.25) is 0 Å². The van der Waals surface area contributed by atoms with E-state index in [2.05, 4.69) is 56.6 Å². The summed E-state index contributed by atoms with van der Waals surface area (Å²) >= 11 is 3.48. The molecule has 0 heterocycles. The minimum Gasteiger partial charge on any atom is -0.465 e. The van der Waals surface area contributed by atoms with Crippen molar-refractivity contribution in [2.24, 2.45) is 46.3 Å². The van der Waals surface area contributed by atoms with Gasteiger partial charge in [-0.25, -0.2) is 4.79 Å². The van der Waals surface area contributed by atoms with Crippen molar-refractivity contribution in [1.29, 1.82) is 0 Å². The molecule has 8 atom stereocenters. The van der Waals surface area contributed by atoms with Crippen LogP contribution in [0.5, 0.6) is 0 Å². The van der Waals surface area contributed by atoms with E-state index in [1.54, 1.807) is 10.5 Å². The zero-order valence-corrected chi connectivity index (χ0v) is 24.8. The highest BCUT2D eigenvalue weighted by Gasteiger charge is 2.59. The van der Waals surface area contributed by atoms with Crippen molar-refractivity contribution in [3.8, 4) is 0 Å². The van der Waals surface area contributed by atoms with Crippen molar-refractivity contribution < 1.29 is 9.90 Å². The summed E-state index contributed by atoms with van der Waals surface area (Å²) in [7, 11) is 0. The molecule has 3 nitrogen and oxygen atoms in total. The SMILES string of the molecule is CC(C)CCC[C@@H](C)[C@H]1CCC2C3CC=C4CC(N(CCCBr)C(=O)O)CC[C@]4(C)C3CC[C@@]21C. The second-order valence-corrected chi connectivity index (χ2v) is 14.5. The lowest BCUT2D eigenvalue weighted by Gasteiger charge is -2.59. The maximum Gasteiger partial charge on any atom is 0.407 e. The van der Waals surface area contributed by atoms with Crippen molar-refractivity contribution >= 4 is 22.0 Å². The third-order valence-electron chi connectivity index (χ3n) is 11.5. The Labute approximate surface area is 224 Å². The van der Waals surface area contributed by atoms with Crippen LogP contribution in [0.1, 0.15) is 112 Å². The zero-order valence-electron chi connectivity index (χ0n) is 23.2. The van der Waals surface area contributed by atoms with Crippen LogP contribution in [0.25, 0.3) is 0 Å². The monoisotopic (exact) mass is 549 g/mol. The number of nitrogens with zero attached hydrogens (tertiary/aromatic N) is 1. The van der Waals surface area contributed by atoms with Gasteiger partial charge in [-0.05, 0) is 104 Å². The highest BCUT2D eigenvalue weighted by molar-refractivity contribution is 9.09. The number of hydrogen-bond donors (Lipinski definition) is 1. The molecule has 3 saturated carbocycles. The van der Waals surface area contributed by atoms with Gasteiger partial charge in [0.05, 0.1) is 0 Å². The normalized spacial score (nSPS) is 39.4. The van der Waals surface area contributed by atoms with E-state index in [9.17, 15) is 9.90 Å². The second-order valence-electron chi connectivity index (χ2n) is 13.7. The number of halogens is 1. The Morgan fingerprint density at radius 3 is 2.54 bits per heavy atom. The predicted molar refractivity (Wildman–Crippen MR) is 150 cm³/mol. The van der Waals surface area contributed by atoms with Crippen molar-refractivity contribution in [2.75, 3.05) is 11.9 Å². The number of allylic oxidation sites excluding steroid dienone is 1. The molecule has 0 bridgehead atoms. The molecular formula is C31H52BrNO2. The third kappa shape index (κ3) is 5.26. The number of carbonyl (C=O) groups is 1. The molecule has 0 aromatic carbocycles. The summed E-state index contributed by atoms with van der Waals surface area (Å²) in [4.78, 5) is 13.8. The van der Waals surface area contributed by atoms with E-state index in [1.807, 2.05) is 0 Å². The van der Waals surface area contributed by atoms with E-state index < -0.39 is 6.09 Å². The van der Waals surface area contributed by atoms with E-state index in [1.165, 1.54) is 57.8 Å². The van der Waals surface area contributed by atoms with E-state index in [4.69, 9.17) is 0 Å². The van der Waals surface area contributed by atoms with Gasteiger partial charge in [-0.2, -0.15) is 0 Å². The third-order valence-corrected chi connectivity index (χ3v) is 12.1. The molecule has 4 rings (SSSR count). The fourth-order valence-corrected chi connectivity index (χ4v) is 9.85.